The summed E-state index contributed by atoms with van der Waals surface area (Å²) in [6, 6.07) is 12.1. The predicted molar refractivity (Wildman–Crippen MR) is 155 cm³/mol. The number of carbonyl (C=O) groups excluding carboxylic acids is 1. The molecule has 0 radical (unpaired) electrons. The Morgan fingerprint density at radius 2 is 1.83 bits per heavy atom. The smallest absolute Gasteiger partial charge is 0.267 e. The van der Waals surface area contributed by atoms with E-state index in [-0.39, 0.29) is 64.9 Å². The largest absolute Gasteiger partial charge is 0.488 e. The van der Waals surface area contributed by atoms with Gasteiger partial charge in [0.25, 0.3) is 10.0 Å². The van der Waals surface area contributed by atoms with E-state index < -0.39 is 32.2 Å². The normalized spacial score (nSPS) is 18.9. The molecule has 2 heterocycles. The van der Waals surface area contributed by atoms with Crippen LogP contribution in [0.25, 0.3) is 0 Å². The summed E-state index contributed by atoms with van der Waals surface area (Å²) < 4.78 is 67.9. The molecule has 0 spiro atoms. The van der Waals surface area contributed by atoms with Crippen molar-refractivity contribution >= 4 is 31.6 Å². The second-order valence-corrected chi connectivity index (χ2v) is 14.2. The van der Waals surface area contributed by atoms with E-state index in [4.69, 9.17) is 9.26 Å². The van der Waals surface area contributed by atoms with Crippen LogP contribution in [0.5, 0.6) is 5.75 Å². The van der Waals surface area contributed by atoms with Gasteiger partial charge in [-0.3, -0.25) is 9.52 Å². The van der Waals surface area contributed by atoms with Crippen LogP contribution in [0.15, 0.2) is 62.8 Å². The molecule has 3 aromatic rings. The molecule has 4 rings (SSSR count). The van der Waals surface area contributed by atoms with Crippen molar-refractivity contribution in [3.63, 3.8) is 0 Å². The molecule has 3 atom stereocenters. The van der Waals surface area contributed by atoms with Crippen molar-refractivity contribution in [2.24, 2.45) is 5.92 Å². The summed E-state index contributed by atoms with van der Waals surface area (Å²) in [6.45, 7) is 6.52. The highest BCUT2D eigenvalue weighted by Crippen LogP contribution is 2.31. The molecule has 2 aromatic carbocycles. The second-order valence-electron chi connectivity index (χ2n) is 10.6. The van der Waals surface area contributed by atoms with Crippen molar-refractivity contribution in [1.82, 2.24) is 14.4 Å². The number of aliphatic hydroxyl groups is 1. The van der Waals surface area contributed by atoms with Crippen LogP contribution in [-0.2, 0) is 31.3 Å². The Labute approximate surface area is 246 Å². The third-order valence-electron chi connectivity index (χ3n) is 7.29. The molecule has 0 fully saturated rings. The number of anilines is 1. The van der Waals surface area contributed by atoms with Gasteiger partial charge in [-0.05, 0) is 51.1 Å². The molecule has 1 aromatic heterocycles. The number of aryl methyl sites for hydroxylation is 2. The van der Waals surface area contributed by atoms with Crippen LogP contribution in [0.4, 0.5) is 5.69 Å². The van der Waals surface area contributed by atoms with Crippen molar-refractivity contribution < 1.29 is 36.0 Å². The van der Waals surface area contributed by atoms with E-state index in [0.29, 0.717) is 11.3 Å². The average Bonchev–Trinajstić information content (AvgIpc) is 3.31. The number of aliphatic hydroxyl groups excluding tert-OH is 1. The summed E-state index contributed by atoms with van der Waals surface area (Å²) in [5.41, 5.74) is 0.808. The quantitative estimate of drug-likeness (QED) is 0.367. The molecule has 0 aliphatic carbocycles. The maximum atomic E-state index is 13.5. The first-order valence-electron chi connectivity index (χ1n) is 13.4. The van der Waals surface area contributed by atoms with Gasteiger partial charge in [0.05, 0.1) is 30.5 Å². The van der Waals surface area contributed by atoms with Gasteiger partial charge in [-0.15, -0.1) is 0 Å². The number of nitrogens with one attached hydrogen (secondary N) is 1. The highest BCUT2D eigenvalue weighted by atomic mass is 32.2. The van der Waals surface area contributed by atoms with Crippen LogP contribution in [0.3, 0.4) is 0 Å². The predicted octanol–water partition coefficient (Wildman–Crippen LogP) is 2.56. The molecular formula is C28H36N4O8S2. The Kier molecular flexibility index (Phi) is 9.30. The monoisotopic (exact) mass is 620 g/mol. The number of benzene rings is 2. The van der Waals surface area contributed by atoms with Crippen molar-refractivity contribution in [3.05, 3.63) is 65.5 Å². The Bertz CT molecular complexity index is 1620. The van der Waals surface area contributed by atoms with Gasteiger partial charge in [0.15, 0.2) is 10.7 Å². The molecule has 0 unspecified atom stereocenters. The molecule has 42 heavy (non-hydrogen) atoms. The first kappa shape index (κ1) is 31.5. The summed E-state index contributed by atoms with van der Waals surface area (Å²) in [4.78, 5) is 15.1. The molecule has 0 bridgehead atoms. The van der Waals surface area contributed by atoms with Crippen molar-refractivity contribution in [3.8, 4) is 5.75 Å². The van der Waals surface area contributed by atoms with Gasteiger partial charge in [0.2, 0.25) is 15.9 Å². The Morgan fingerprint density at radius 1 is 1.14 bits per heavy atom. The number of aromatic nitrogens is 1. The van der Waals surface area contributed by atoms with E-state index in [2.05, 4.69) is 9.88 Å². The van der Waals surface area contributed by atoms with E-state index in [0.717, 1.165) is 0 Å². The zero-order chi connectivity index (χ0) is 30.8. The Morgan fingerprint density at radius 3 is 2.45 bits per heavy atom. The highest BCUT2D eigenvalue weighted by Gasteiger charge is 2.34. The maximum Gasteiger partial charge on any atom is 0.267 e. The van der Waals surface area contributed by atoms with Crippen molar-refractivity contribution in [1.29, 1.82) is 0 Å². The molecule has 228 valence electrons. The molecule has 0 saturated heterocycles. The van der Waals surface area contributed by atoms with E-state index in [1.54, 1.807) is 36.1 Å². The van der Waals surface area contributed by atoms with Gasteiger partial charge < -0.3 is 19.3 Å². The SMILES string of the molecule is Cc1noc(C)c1S(=O)(=O)Nc1ccc2c(c1)CC(=O)N([C@@H](C)CO)C[C@H](C)[C@H](CN(C)S(=O)(=O)c1ccccc1)O2. The number of hydrogen-bond acceptors (Lipinski definition) is 9. The minimum atomic E-state index is -4.05. The number of rotatable bonds is 9. The van der Waals surface area contributed by atoms with Gasteiger partial charge in [-0.25, -0.2) is 16.8 Å². The minimum absolute atomic E-state index is 0.0200. The lowest BCUT2D eigenvalue weighted by atomic mass is 10.0. The number of fused-ring (bicyclic) bond motifs is 1. The third kappa shape index (κ3) is 6.61. The standard InChI is InChI=1S/C28H36N4O8S2/c1-18-15-32(19(2)17-33)27(34)14-22-13-23(30-41(35,36)28-20(3)29-40-21(28)4)11-12-25(22)39-26(18)16-31(5)42(37,38)24-9-7-6-8-10-24/h6-13,18-19,26,30,33H,14-17H2,1-5H3/t18-,19-,26-/m0/s1. The van der Waals surface area contributed by atoms with Crippen LogP contribution < -0.4 is 9.46 Å². The molecule has 14 heteroatoms. The lowest BCUT2D eigenvalue weighted by Gasteiger charge is -2.33. The minimum Gasteiger partial charge on any atom is -0.488 e. The highest BCUT2D eigenvalue weighted by molar-refractivity contribution is 7.92. The van der Waals surface area contributed by atoms with Crippen LogP contribution in [0.1, 0.15) is 30.9 Å². The fourth-order valence-corrected chi connectivity index (χ4v) is 7.48. The summed E-state index contributed by atoms with van der Waals surface area (Å²) in [5, 5.41) is 13.6. The van der Waals surface area contributed by atoms with Crippen molar-refractivity contribution in [2.45, 2.75) is 56.1 Å². The number of nitrogens with zero attached hydrogens (tertiary/aromatic N) is 3. The lowest BCUT2D eigenvalue weighted by Crippen LogP contribution is -2.48. The van der Waals surface area contributed by atoms with Gasteiger partial charge in [0, 0.05) is 30.8 Å². The van der Waals surface area contributed by atoms with Gasteiger partial charge in [0.1, 0.15) is 17.5 Å². The summed E-state index contributed by atoms with van der Waals surface area (Å²) >= 11 is 0. The zero-order valence-corrected chi connectivity index (χ0v) is 25.8. The number of hydrogen-bond donors (Lipinski definition) is 2. The average molecular weight is 621 g/mol. The van der Waals surface area contributed by atoms with E-state index in [1.807, 2.05) is 6.92 Å². The molecule has 2 N–H and O–H groups in total. The van der Waals surface area contributed by atoms with E-state index >= 15 is 0 Å². The maximum absolute atomic E-state index is 13.5. The molecule has 0 saturated carbocycles. The molecule has 1 aliphatic heterocycles. The van der Waals surface area contributed by atoms with Gasteiger partial charge >= 0.3 is 0 Å². The fourth-order valence-electron chi connectivity index (χ4n) is 4.90. The summed E-state index contributed by atoms with van der Waals surface area (Å²) in [7, 11) is -6.41. The molecule has 1 aliphatic rings. The van der Waals surface area contributed by atoms with Crippen LogP contribution in [0.2, 0.25) is 0 Å². The Hall–Kier alpha value is -3.46. The lowest BCUT2D eigenvalue weighted by molar-refractivity contribution is -0.134. The van der Waals surface area contributed by atoms with E-state index in [1.165, 1.54) is 49.5 Å². The first-order valence-corrected chi connectivity index (χ1v) is 16.3. The second kappa shape index (κ2) is 12.4. The zero-order valence-electron chi connectivity index (χ0n) is 24.1. The number of amides is 1. The van der Waals surface area contributed by atoms with Crippen LogP contribution in [-0.4, -0.2) is 81.1 Å². The van der Waals surface area contributed by atoms with Crippen molar-refractivity contribution in [2.75, 3.05) is 31.5 Å². The number of likely N-dealkylation sites (N-methyl/N-ethyl adjacent to an activating group) is 1. The van der Waals surface area contributed by atoms with Gasteiger partial charge in [-0.1, -0.05) is 30.3 Å². The Balaban J connectivity index is 1.70. The number of ether oxygens (including phenoxy) is 1. The summed E-state index contributed by atoms with van der Waals surface area (Å²) in [6.07, 6.45) is -0.811. The third-order valence-corrected chi connectivity index (χ3v) is 10.8. The van der Waals surface area contributed by atoms with Crippen LogP contribution in [0, 0.1) is 19.8 Å². The summed E-state index contributed by atoms with van der Waals surface area (Å²) in [5.74, 6) is -0.157. The molecular weight excluding hydrogens is 584 g/mol. The fraction of sp³-hybridized carbons (Fsp3) is 0.429. The van der Waals surface area contributed by atoms with Crippen LogP contribution >= 0.6 is 0 Å². The van der Waals surface area contributed by atoms with E-state index in [9.17, 15) is 26.7 Å². The molecule has 12 nitrogen and oxygen atoms in total. The number of carbonyl (C=O) groups is 1. The number of sulfonamides is 2. The first-order chi connectivity index (χ1) is 19.7. The van der Waals surface area contributed by atoms with Gasteiger partial charge in [-0.2, -0.15) is 4.31 Å². The topological polar surface area (TPSA) is 159 Å². The molecule has 1 amide bonds.